The third-order valence-corrected chi connectivity index (χ3v) is 4.48. The molecule has 7 heteroatoms. The summed E-state index contributed by atoms with van der Waals surface area (Å²) in [4.78, 5) is 0. The minimum Gasteiger partial charge on any atom is -0.283 e. The molecule has 0 saturated carbocycles. The lowest BCUT2D eigenvalue weighted by atomic mass is 10.2. The third kappa shape index (κ3) is 3.38. The van der Waals surface area contributed by atoms with E-state index in [-0.39, 0.29) is 10.2 Å². The maximum absolute atomic E-state index is 11.2. The van der Waals surface area contributed by atoms with E-state index < -0.39 is 10.0 Å². The van der Waals surface area contributed by atoms with Crippen LogP contribution in [0.2, 0.25) is 5.02 Å². The second-order valence-corrected chi connectivity index (χ2v) is 6.06. The van der Waals surface area contributed by atoms with Crippen LogP contribution in [0, 0.1) is 11.3 Å². The summed E-state index contributed by atoms with van der Waals surface area (Å²) in [5.74, 6) is 0. The first-order valence-electron chi connectivity index (χ1n) is 3.74. The Morgan fingerprint density at radius 3 is 2.73 bits per heavy atom. The number of sulfonamides is 1. The molecule has 80 valence electrons. The molecule has 4 nitrogen and oxygen atoms in total. The molecule has 0 unspecified atom stereocenters. The molecule has 0 spiro atoms. The fraction of sp³-hybridized carbons (Fsp3) is 0.125. The van der Waals surface area contributed by atoms with Crippen LogP contribution >= 0.6 is 27.5 Å². The Labute approximate surface area is 101 Å². The number of hydrogen-bond acceptors (Lipinski definition) is 3. The summed E-state index contributed by atoms with van der Waals surface area (Å²) in [5.41, 5.74) is 0.543. The number of halogens is 2. The fourth-order valence-electron chi connectivity index (χ4n) is 0.881. The van der Waals surface area contributed by atoms with E-state index >= 15 is 0 Å². The largest absolute Gasteiger partial charge is 0.283 e. The van der Waals surface area contributed by atoms with Crippen molar-refractivity contribution < 1.29 is 8.42 Å². The van der Waals surface area contributed by atoms with Gasteiger partial charge in [0.1, 0.15) is 10.7 Å². The molecule has 0 atom stereocenters. The molecule has 0 amide bonds. The van der Waals surface area contributed by atoms with Gasteiger partial charge in [0.2, 0.25) is 10.0 Å². The van der Waals surface area contributed by atoms with Crippen LogP contribution in [0.5, 0.6) is 0 Å². The molecule has 0 aliphatic rings. The van der Waals surface area contributed by atoms with Crippen LogP contribution in [0.3, 0.4) is 0 Å². The van der Waals surface area contributed by atoms with Gasteiger partial charge in [-0.25, -0.2) is 8.42 Å². The van der Waals surface area contributed by atoms with Crippen molar-refractivity contribution in [2.75, 3.05) is 9.38 Å². The van der Waals surface area contributed by atoms with Gasteiger partial charge in [-0.05, 0) is 18.2 Å². The molecule has 1 aromatic carbocycles. The van der Waals surface area contributed by atoms with Gasteiger partial charge in [0.25, 0.3) is 0 Å². The standard InChI is InChI=1S/C8H6BrClN2O2S/c9-5-15(13,14)12-7-1-2-8(10)6(3-7)4-11/h1-3,12H,5H2. The third-order valence-electron chi connectivity index (χ3n) is 1.50. The molecule has 15 heavy (non-hydrogen) atoms. The van der Waals surface area contributed by atoms with Crippen LogP contribution in [-0.4, -0.2) is 13.1 Å². The first kappa shape index (κ1) is 12.3. The predicted molar refractivity (Wildman–Crippen MR) is 62.5 cm³/mol. The van der Waals surface area contributed by atoms with Crippen molar-refractivity contribution in [3.63, 3.8) is 0 Å². The molecule has 1 rings (SSSR count). The predicted octanol–water partition coefficient (Wildman–Crippen LogP) is 2.31. The number of nitrogens with zero attached hydrogens (tertiary/aromatic N) is 1. The topological polar surface area (TPSA) is 70.0 Å². The molecule has 0 aliphatic heterocycles. The van der Waals surface area contributed by atoms with Gasteiger partial charge in [-0.2, -0.15) is 5.26 Å². The highest BCUT2D eigenvalue weighted by molar-refractivity contribution is 9.10. The maximum Gasteiger partial charge on any atom is 0.242 e. The summed E-state index contributed by atoms with van der Waals surface area (Å²) >= 11 is 8.53. The Morgan fingerprint density at radius 2 is 2.20 bits per heavy atom. The SMILES string of the molecule is N#Cc1cc(NS(=O)(=O)CBr)ccc1Cl. The molecule has 0 aromatic heterocycles. The van der Waals surface area contributed by atoms with Gasteiger partial charge in [0, 0.05) is 5.69 Å². The van der Waals surface area contributed by atoms with E-state index in [9.17, 15) is 8.42 Å². The van der Waals surface area contributed by atoms with Crippen molar-refractivity contribution in [1.82, 2.24) is 0 Å². The smallest absolute Gasteiger partial charge is 0.242 e. The lowest BCUT2D eigenvalue weighted by Gasteiger charge is -2.05. The van der Waals surface area contributed by atoms with Gasteiger partial charge in [-0.15, -0.1) is 0 Å². The van der Waals surface area contributed by atoms with E-state index in [4.69, 9.17) is 16.9 Å². The molecule has 1 N–H and O–H groups in total. The van der Waals surface area contributed by atoms with E-state index in [0.29, 0.717) is 10.7 Å². The van der Waals surface area contributed by atoms with Crippen LogP contribution in [0.4, 0.5) is 5.69 Å². The van der Waals surface area contributed by atoms with Crippen molar-refractivity contribution in [2.45, 2.75) is 0 Å². The lowest BCUT2D eigenvalue weighted by Crippen LogP contribution is -2.13. The highest BCUT2D eigenvalue weighted by Crippen LogP contribution is 2.20. The zero-order valence-corrected chi connectivity index (χ0v) is 10.5. The number of benzene rings is 1. The minimum absolute atomic E-state index is 0.204. The monoisotopic (exact) mass is 308 g/mol. The number of nitriles is 1. The van der Waals surface area contributed by atoms with E-state index in [2.05, 4.69) is 20.7 Å². The maximum atomic E-state index is 11.2. The summed E-state index contributed by atoms with van der Waals surface area (Å²) in [6, 6.07) is 6.19. The van der Waals surface area contributed by atoms with Gasteiger partial charge in [0.15, 0.2) is 0 Å². The Hall–Kier alpha value is -0.770. The molecule has 1 aromatic rings. The Balaban J connectivity index is 3.04. The zero-order valence-electron chi connectivity index (χ0n) is 7.37. The van der Waals surface area contributed by atoms with Crippen molar-refractivity contribution >= 4 is 43.2 Å². The number of hydrogen-bond donors (Lipinski definition) is 1. The average Bonchev–Trinajstić information content (AvgIpc) is 2.20. The molecule has 0 fully saturated rings. The normalized spacial score (nSPS) is 10.7. The summed E-state index contributed by atoms with van der Waals surface area (Å²) in [5, 5.41) is 8.97. The molecular formula is C8H6BrClN2O2S. The first-order valence-corrected chi connectivity index (χ1v) is 6.90. The fourth-order valence-corrected chi connectivity index (χ4v) is 1.93. The number of nitrogens with one attached hydrogen (secondary N) is 1. The second-order valence-electron chi connectivity index (χ2n) is 2.63. The van der Waals surface area contributed by atoms with Gasteiger partial charge in [-0.1, -0.05) is 27.5 Å². The van der Waals surface area contributed by atoms with Gasteiger partial charge >= 0.3 is 0 Å². The Morgan fingerprint density at radius 1 is 1.53 bits per heavy atom. The van der Waals surface area contributed by atoms with Crippen molar-refractivity contribution in [2.24, 2.45) is 0 Å². The lowest BCUT2D eigenvalue weighted by molar-refractivity contribution is 0.606. The summed E-state index contributed by atoms with van der Waals surface area (Å²) in [7, 11) is -3.40. The van der Waals surface area contributed by atoms with Crippen LogP contribution < -0.4 is 4.72 Å². The quantitative estimate of drug-likeness (QED) is 0.871. The van der Waals surface area contributed by atoms with Crippen LogP contribution in [0.25, 0.3) is 0 Å². The number of rotatable bonds is 3. The highest BCUT2D eigenvalue weighted by atomic mass is 79.9. The van der Waals surface area contributed by atoms with E-state index in [0.717, 1.165) is 0 Å². The molecule has 0 bridgehead atoms. The first-order chi connectivity index (χ1) is 6.98. The number of anilines is 1. The van der Waals surface area contributed by atoms with Gasteiger partial charge in [0.05, 0.1) is 10.6 Å². The van der Waals surface area contributed by atoms with Gasteiger partial charge < -0.3 is 0 Å². The summed E-state index contributed by atoms with van der Waals surface area (Å²) < 4.78 is 24.4. The Bertz CT molecular complexity index is 510. The van der Waals surface area contributed by atoms with Crippen molar-refractivity contribution in [3.8, 4) is 6.07 Å². The molecule has 0 radical (unpaired) electrons. The van der Waals surface area contributed by atoms with E-state index in [1.54, 1.807) is 0 Å². The van der Waals surface area contributed by atoms with Gasteiger partial charge in [-0.3, -0.25) is 4.72 Å². The Kier molecular flexibility index (Phi) is 3.97. The van der Waals surface area contributed by atoms with Crippen molar-refractivity contribution in [1.29, 1.82) is 5.26 Å². The average molecular weight is 310 g/mol. The van der Waals surface area contributed by atoms with Crippen LogP contribution in [-0.2, 0) is 10.0 Å². The summed E-state index contributed by atoms with van der Waals surface area (Å²) in [6.07, 6.45) is 0. The van der Waals surface area contributed by atoms with E-state index in [1.165, 1.54) is 18.2 Å². The highest BCUT2D eigenvalue weighted by Gasteiger charge is 2.09. The van der Waals surface area contributed by atoms with Crippen LogP contribution in [0.1, 0.15) is 5.56 Å². The number of alkyl halides is 1. The second kappa shape index (κ2) is 4.84. The molecular weight excluding hydrogens is 304 g/mol. The van der Waals surface area contributed by atoms with Crippen molar-refractivity contribution in [3.05, 3.63) is 28.8 Å². The zero-order chi connectivity index (χ0) is 11.5. The molecule has 0 heterocycles. The molecule has 0 aliphatic carbocycles. The van der Waals surface area contributed by atoms with Crippen LogP contribution in [0.15, 0.2) is 18.2 Å². The molecule has 0 saturated heterocycles. The van der Waals surface area contributed by atoms with E-state index in [1.807, 2.05) is 6.07 Å². The summed E-state index contributed by atoms with van der Waals surface area (Å²) in [6.45, 7) is 0. The minimum atomic E-state index is -3.40.